The number of hydrazine groups is 1. The van der Waals surface area contributed by atoms with Crippen molar-refractivity contribution in [3.63, 3.8) is 0 Å². The number of rotatable bonds is 4. The highest BCUT2D eigenvalue weighted by atomic mass is 15.3. The van der Waals surface area contributed by atoms with Crippen LogP contribution in [0.15, 0.2) is 4.99 Å². The van der Waals surface area contributed by atoms with Crippen molar-refractivity contribution in [2.75, 3.05) is 0 Å². The largest absolute Gasteiger partial charge is 0.353 e. The highest BCUT2D eigenvalue weighted by Crippen LogP contribution is 2.01. The Balaban J connectivity index is 4.17. The smallest absolute Gasteiger partial charge is 0.206 e. The Morgan fingerprint density at radius 2 is 1.85 bits per heavy atom. The lowest BCUT2D eigenvalue weighted by atomic mass is 10.2. The Morgan fingerprint density at radius 3 is 2.15 bits per heavy atom. The first-order valence-corrected chi connectivity index (χ1v) is 4.94. The van der Waals surface area contributed by atoms with Gasteiger partial charge in [-0.05, 0) is 26.7 Å². The third-order valence-electron chi connectivity index (χ3n) is 1.82. The molecule has 0 heterocycles. The molecule has 0 aliphatic carbocycles. The van der Waals surface area contributed by atoms with Gasteiger partial charge < -0.3 is 5.32 Å². The van der Waals surface area contributed by atoms with Crippen molar-refractivity contribution in [3.8, 4) is 0 Å². The Bertz CT molecular complexity index is 150. The van der Waals surface area contributed by atoms with Crippen LogP contribution in [0.2, 0.25) is 0 Å². The van der Waals surface area contributed by atoms with Gasteiger partial charge in [0.2, 0.25) is 5.96 Å². The molecule has 78 valence electrons. The minimum atomic E-state index is 0.351. The van der Waals surface area contributed by atoms with E-state index in [1.807, 2.05) is 0 Å². The van der Waals surface area contributed by atoms with E-state index in [1.165, 1.54) is 0 Å². The number of hydrogen-bond acceptors (Lipinski definition) is 2. The molecule has 0 amide bonds. The lowest BCUT2D eigenvalue weighted by Crippen LogP contribution is -2.45. The van der Waals surface area contributed by atoms with Crippen LogP contribution in [0.5, 0.6) is 0 Å². The quantitative estimate of drug-likeness (QED) is 0.265. The molecule has 0 spiro atoms. The summed E-state index contributed by atoms with van der Waals surface area (Å²) in [6, 6.07) is 0.710. The number of nitrogens with two attached hydrogens (primary N) is 1. The summed E-state index contributed by atoms with van der Waals surface area (Å²) in [5.41, 5.74) is 2.57. The monoisotopic (exact) mass is 186 g/mol. The maximum atomic E-state index is 5.34. The van der Waals surface area contributed by atoms with Crippen LogP contribution in [0.1, 0.15) is 40.5 Å². The summed E-state index contributed by atoms with van der Waals surface area (Å²) >= 11 is 0. The zero-order valence-electron chi connectivity index (χ0n) is 9.09. The first-order valence-electron chi connectivity index (χ1n) is 4.94. The molecule has 0 saturated carbocycles. The Kier molecular flexibility index (Phi) is 6.32. The van der Waals surface area contributed by atoms with E-state index in [-0.39, 0.29) is 0 Å². The van der Waals surface area contributed by atoms with Crippen LogP contribution in [0.25, 0.3) is 0 Å². The Hall–Kier alpha value is -0.770. The molecule has 0 atom stereocenters. The van der Waals surface area contributed by atoms with Crippen molar-refractivity contribution < 1.29 is 0 Å². The summed E-state index contributed by atoms with van der Waals surface area (Å²) in [5.74, 6) is 6.02. The molecule has 0 saturated heterocycles. The van der Waals surface area contributed by atoms with Gasteiger partial charge in [-0.2, -0.15) is 0 Å². The molecule has 0 aliphatic rings. The highest BCUT2D eigenvalue weighted by molar-refractivity contribution is 5.79. The summed E-state index contributed by atoms with van der Waals surface area (Å²) in [6.07, 6.45) is 2.09. The zero-order chi connectivity index (χ0) is 10.3. The summed E-state index contributed by atoms with van der Waals surface area (Å²) < 4.78 is 0. The fraction of sp³-hybridized carbons (Fsp3) is 0.889. The topological polar surface area (TPSA) is 62.4 Å². The summed E-state index contributed by atoms with van der Waals surface area (Å²) in [7, 11) is 0. The van der Waals surface area contributed by atoms with Gasteiger partial charge >= 0.3 is 0 Å². The molecule has 0 fully saturated rings. The van der Waals surface area contributed by atoms with E-state index < -0.39 is 0 Å². The fourth-order valence-corrected chi connectivity index (χ4v) is 1.04. The van der Waals surface area contributed by atoms with Gasteiger partial charge in [-0.25, -0.2) is 10.8 Å². The molecule has 0 bridgehead atoms. The summed E-state index contributed by atoms with van der Waals surface area (Å²) in [5, 5.41) is 3.14. The first kappa shape index (κ1) is 12.2. The van der Waals surface area contributed by atoms with Crippen molar-refractivity contribution in [2.45, 2.75) is 52.6 Å². The minimum absolute atomic E-state index is 0.351. The van der Waals surface area contributed by atoms with Crippen molar-refractivity contribution in [3.05, 3.63) is 0 Å². The molecule has 0 aliphatic heterocycles. The lowest BCUT2D eigenvalue weighted by Gasteiger charge is -2.15. The highest BCUT2D eigenvalue weighted by Gasteiger charge is 2.03. The lowest BCUT2D eigenvalue weighted by molar-refractivity contribution is 0.612. The predicted molar refractivity (Wildman–Crippen MR) is 57.4 cm³/mol. The van der Waals surface area contributed by atoms with Crippen molar-refractivity contribution >= 4 is 5.96 Å². The predicted octanol–water partition coefficient (Wildman–Crippen LogP) is 0.992. The zero-order valence-corrected chi connectivity index (χ0v) is 9.09. The SMILES string of the molecule is CCC(CC)N=C(NN)NC(C)C. The number of guanidine groups is 1. The third-order valence-corrected chi connectivity index (χ3v) is 1.82. The number of hydrogen-bond donors (Lipinski definition) is 3. The van der Waals surface area contributed by atoms with E-state index in [4.69, 9.17) is 5.84 Å². The first-order chi connectivity index (χ1) is 6.13. The van der Waals surface area contributed by atoms with E-state index in [9.17, 15) is 0 Å². The van der Waals surface area contributed by atoms with Crippen LogP contribution in [-0.2, 0) is 0 Å². The van der Waals surface area contributed by atoms with Gasteiger partial charge in [-0.1, -0.05) is 13.8 Å². The standard InChI is InChI=1S/C9H22N4/c1-5-8(6-2)12-9(13-10)11-7(3)4/h7-8H,5-6,10H2,1-4H3,(H2,11,12,13). The van der Waals surface area contributed by atoms with Gasteiger partial charge in [-0.3, -0.25) is 5.43 Å². The molecule has 13 heavy (non-hydrogen) atoms. The van der Waals surface area contributed by atoms with E-state index in [0.29, 0.717) is 18.0 Å². The van der Waals surface area contributed by atoms with Gasteiger partial charge in [0.05, 0.1) is 6.04 Å². The van der Waals surface area contributed by atoms with Gasteiger partial charge in [0.25, 0.3) is 0 Å². The molecule has 0 rings (SSSR count). The second-order valence-corrected chi connectivity index (χ2v) is 3.39. The van der Waals surface area contributed by atoms with Gasteiger partial charge in [0.1, 0.15) is 0 Å². The van der Waals surface area contributed by atoms with Crippen LogP contribution in [0.4, 0.5) is 0 Å². The van der Waals surface area contributed by atoms with Crippen LogP contribution in [0, 0.1) is 0 Å². The number of aliphatic imine (C=N–C) groups is 1. The molecular weight excluding hydrogens is 164 g/mol. The second kappa shape index (κ2) is 6.71. The second-order valence-electron chi connectivity index (χ2n) is 3.39. The Morgan fingerprint density at radius 1 is 1.31 bits per heavy atom. The van der Waals surface area contributed by atoms with Crippen LogP contribution < -0.4 is 16.6 Å². The summed E-state index contributed by atoms with van der Waals surface area (Å²) in [4.78, 5) is 4.44. The van der Waals surface area contributed by atoms with E-state index in [1.54, 1.807) is 0 Å². The molecule has 0 radical (unpaired) electrons. The maximum absolute atomic E-state index is 5.34. The molecular formula is C9H22N4. The molecule has 0 unspecified atom stereocenters. The van der Waals surface area contributed by atoms with Gasteiger partial charge in [-0.15, -0.1) is 0 Å². The summed E-state index contributed by atoms with van der Waals surface area (Å²) in [6.45, 7) is 8.36. The average molecular weight is 186 g/mol. The molecule has 4 N–H and O–H groups in total. The Labute approximate surface area is 81.0 Å². The maximum Gasteiger partial charge on any atom is 0.206 e. The fourth-order valence-electron chi connectivity index (χ4n) is 1.04. The molecule has 0 aromatic carbocycles. The van der Waals surface area contributed by atoms with E-state index in [0.717, 1.165) is 12.8 Å². The molecule has 4 nitrogen and oxygen atoms in total. The third kappa shape index (κ3) is 5.47. The van der Waals surface area contributed by atoms with Gasteiger partial charge in [0, 0.05) is 6.04 Å². The minimum Gasteiger partial charge on any atom is -0.353 e. The van der Waals surface area contributed by atoms with Crippen molar-refractivity contribution in [2.24, 2.45) is 10.8 Å². The normalized spacial score (nSPS) is 12.4. The number of nitrogens with zero attached hydrogens (tertiary/aromatic N) is 1. The van der Waals surface area contributed by atoms with Crippen LogP contribution in [-0.4, -0.2) is 18.0 Å². The average Bonchev–Trinajstić information content (AvgIpc) is 2.11. The van der Waals surface area contributed by atoms with E-state index in [2.05, 4.69) is 43.4 Å². The molecule has 0 aromatic heterocycles. The van der Waals surface area contributed by atoms with Crippen molar-refractivity contribution in [1.29, 1.82) is 0 Å². The number of nitrogens with one attached hydrogen (secondary N) is 2. The van der Waals surface area contributed by atoms with Gasteiger partial charge in [0.15, 0.2) is 0 Å². The van der Waals surface area contributed by atoms with E-state index >= 15 is 0 Å². The molecule has 4 heteroatoms. The molecule has 0 aromatic rings. The van der Waals surface area contributed by atoms with Crippen LogP contribution in [0.3, 0.4) is 0 Å². The van der Waals surface area contributed by atoms with Crippen LogP contribution >= 0.6 is 0 Å². The van der Waals surface area contributed by atoms with Crippen molar-refractivity contribution in [1.82, 2.24) is 10.7 Å².